The van der Waals surface area contributed by atoms with Crippen molar-refractivity contribution in [3.05, 3.63) is 0 Å². The highest BCUT2D eigenvalue weighted by molar-refractivity contribution is 5.58. The molecule has 0 bridgehead atoms. The molecule has 0 aliphatic rings. The van der Waals surface area contributed by atoms with Gasteiger partial charge in [0, 0.05) is 18.0 Å². The molecule has 0 aromatic carbocycles. The molecule has 0 fully saturated rings. The smallest absolute Gasteiger partial charge is 0.127 e. The van der Waals surface area contributed by atoms with Crippen LogP contribution in [0.1, 0.15) is 27.2 Å². The van der Waals surface area contributed by atoms with Crippen LogP contribution in [0.25, 0.3) is 0 Å². The van der Waals surface area contributed by atoms with Crippen molar-refractivity contribution < 1.29 is 9.90 Å². The topological polar surface area (TPSA) is 40.5 Å². The second-order valence-electron chi connectivity index (χ2n) is 4.07. The van der Waals surface area contributed by atoms with Crippen LogP contribution < -0.4 is 0 Å². The normalized spacial score (nSPS) is 18.3. The maximum atomic E-state index is 10.8. The van der Waals surface area contributed by atoms with Crippen LogP contribution in [0, 0.1) is 5.41 Å². The van der Waals surface area contributed by atoms with Gasteiger partial charge in [-0.05, 0) is 20.4 Å². The largest absolute Gasteiger partial charge is 0.395 e. The van der Waals surface area contributed by atoms with Gasteiger partial charge in [0.15, 0.2) is 0 Å². The number of hydrogen-bond donors (Lipinski definition) is 1. The molecule has 3 nitrogen and oxygen atoms in total. The Kier molecular flexibility index (Phi) is 5.18. The van der Waals surface area contributed by atoms with E-state index in [0.29, 0.717) is 6.54 Å². The summed E-state index contributed by atoms with van der Waals surface area (Å²) < 4.78 is 0. The predicted molar refractivity (Wildman–Crippen MR) is 53.6 cm³/mol. The zero-order chi connectivity index (χ0) is 10.5. The Labute approximate surface area is 80.7 Å². The molecule has 0 heterocycles. The summed E-state index contributed by atoms with van der Waals surface area (Å²) in [6, 6.07) is 0.117. The fourth-order valence-electron chi connectivity index (χ4n) is 1.10. The molecule has 0 aromatic rings. The van der Waals surface area contributed by atoms with Gasteiger partial charge in [-0.2, -0.15) is 0 Å². The van der Waals surface area contributed by atoms with Crippen LogP contribution in [-0.4, -0.2) is 42.5 Å². The summed E-state index contributed by atoms with van der Waals surface area (Å²) in [6.07, 6.45) is 1.84. The molecule has 0 radical (unpaired) electrons. The van der Waals surface area contributed by atoms with Gasteiger partial charge in [-0.25, -0.2) is 0 Å². The molecular weight excluding hydrogens is 166 g/mol. The van der Waals surface area contributed by atoms with Crippen molar-refractivity contribution in [3.8, 4) is 0 Å². The van der Waals surface area contributed by atoms with Gasteiger partial charge in [0.2, 0.25) is 0 Å². The molecule has 0 saturated carbocycles. The highest BCUT2D eigenvalue weighted by Gasteiger charge is 2.24. The van der Waals surface area contributed by atoms with Crippen LogP contribution in [-0.2, 0) is 4.79 Å². The van der Waals surface area contributed by atoms with Crippen LogP contribution in [0.4, 0.5) is 0 Å². The van der Waals surface area contributed by atoms with Gasteiger partial charge in [0.05, 0.1) is 6.61 Å². The zero-order valence-corrected chi connectivity index (χ0v) is 9.08. The van der Waals surface area contributed by atoms with Gasteiger partial charge in [0.1, 0.15) is 6.29 Å². The van der Waals surface area contributed by atoms with Crippen molar-refractivity contribution in [2.45, 2.75) is 33.2 Å². The van der Waals surface area contributed by atoms with Gasteiger partial charge >= 0.3 is 0 Å². The summed E-state index contributed by atoms with van der Waals surface area (Å²) >= 11 is 0. The number of hydrogen-bond acceptors (Lipinski definition) is 3. The molecule has 78 valence electrons. The van der Waals surface area contributed by atoms with E-state index in [9.17, 15) is 4.79 Å². The van der Waals surface area contributed by atoms with E-state index in [-0.39, 0.29) is 18.1 Å². The predicted octanol–water partition coefficient (Wildman–Crippen LogP) is 0.914. The highest BCUT2D eigenvalue weighted by atomic mass is 16.3. The minimum Gasteiger partial charge on any atom is -0.395 e. The Hall–Kier alpha value is -0.410. The average molecular weight is 187 g/mol. The lowest BCUT2D eigenvalue weighted by Crippen LogP contribution is -2.40. The lowest BCUT2D eigenvalue weighted by molar-refractivity contribution is -0.116. The number of carbonyl (C=O) groups is 1. The summed E-state index contributed by atoms with van der Waals surface area (Å²) in [5.41, 5.74) is -0.280. The van der Waals surface area contributed by atoms with Crippen molar-refractivity contribution >= 4 is 6.29 Å². The Balaban J connectivity index is 4.16. The van der Waals surface area contributed by atoms with Crippen molar-refractivity contribution in [2.75, 3.05) is 20.2 Å². The summed E-state index contributed by atoms with van der Waals surface area (Å²) in [5, 5.41) is 8.92. The lowest BCUT2D eigenvalue weighted by atomic mass is 9.88. The van der Waals surface area contributed by atoms with Crippen LogP contribution in [0.2, 0.25) is 0 Å². The fourth-order valence-corrected chi connectivity index (χ4v) is 1.10. The number of carbonyl (C=O) groups excluding carboxylic acids is 1. The molecule has 0 aromatic heterocycles. The van der Waals surface area contributed by atoms with Gasteiger partial charge < -0.3 is 14.8 Å². The lowest BCUT2D eigenvalue weighted by Gasteiger charge is -2.31. The molecule has 0 saturated heterocycles. The van der Waals surface area contributed by atoms with Gasteiger partial charge in [-0.15, -0.1) is 0 Å². The first-order valence-corrected chi connectivity index (χ1v) is 4.76. The molecule has 3 heteroatoms. The SMILES string of the molecule is CCC(C)(C=O)CN(C)C(C)CO. The molecule has 0 aliphatic heterocycles. The fraction of sp³-hybridized carbons (Fsp3) is 0.900. The van der Waals surface area contributed by atoms with E-state index in [0.717, 1.165) is 12.7 Å². The highest BCUT2D eigenvalue weighted by Crippen LogP contribution is 2.19. The molecule has 13 heavy (non-hydrogen) atoms. The van der Waals surface area contributed by atoms with E-state index in [1.54, 1.807) is 0 Å². The van der Waals surface area contributed by atoms with Crippen LogP contribution in [0.15, 0.2) is 0 Å². The van der Waals surface area contributed by atoms with E-state index >= 15 is 0 Å². The summed E-state index contributed by atoms with van der Waals surface area (Å²) in [5.74, 6) is 0. The number of likely N-dealkylation sites (N-methyl/N-ethyl adjacent to an activating group) is 1. The molecule has 2 atom stereocenters. The van der Waals surface area contributed by atoms with E-state index < -0.39 is 0 Å². The molecule has 0 rings (SSSR count). The summed E-state index contributed by atoms with van der Waals surface area (Å²) in [6.45, 7) is 6.73. The van der Waals surface area contributed by atoms with E-state index in [4.69, 9.17) is 5.11 Å². The van der Waals surface area contributed by atoms with Gasteiger partial charge in [-0.3, -0.25) is 0 Å². The minimum atomic E-state index is -0.280. The Bertz CT molecular complexity index is 161. The zero-order valence-electron chi connectivity index (χ0n) is 9.08. The van der Waals surface area contributed by atoms with E-state index in [2.05, 4.69) is 0 Å². The van der Waals surface area contributed by atoms with Crippen LogP contribution in [0.3, 0.4) is 0 Å². The van der Waals surface area contributed by atoms with Crippen molar-refractivity contribution in [2.24, 2.45) is 5.41 Å². The first-order chi connectivity index (χ1) is 5.99. The number of aliphatic hydroxyl groups excluding tert-OH is 1. The van der Waals surface area contributed by atoms with Crippen LogP contribution in [0.5, 0.6) is 0 Å². The summed E-state index contributed by atoms with van der Waals surface area (Å²) in [7, 11) is 1.93. The number of rotatable bonds is 6. The first kappa shape index (κ1) is 12.6. The average Bonchev–Trinajstić information content (AvgIpc) is 2.16. The second kappa shape index (κ2) is 5.35. The van der Waals surface area contributed by atoms with E-state index in [1.807, 2.05) is 32.7 Å². The third-order valence-corrected chi connectivity index (χ3v) is 2.72. The molecule has 0 spiro atoms. The van der Waals surface area contributed by atoms with Crippen molar-refractivity contribution in [1.82, 2.24) is 4.90 Å². The number of aliphatic hydroxyl groups is 1. The van der Waals surface area contributed by atoms with Gasteiger partial charge in [0.25, 0.3) is 0 Å². The monoisotopic (exact) mass is 187 g/mol. The molecule has 0 aliphatic carbocycles. The second-order valence-corrected chi connectivity index (χ2v) is 4.07. The number of nitrogens with zero attached hydrogens (tertiary/aromatic N) is 1. The Morgan fingerprint density at radius 1 is 1.62 bits per heavy atom. The van der Waals surface area contributed by atoms with Crippen molar-refractivity contribution in [3.63, 3.8) is 0 Å². The molecule has 1 N–H and O–H groups in total. The van der Waals surface area contributed by atoms with Crippen LogP contribution >= 0.6 is 0 Å². The molecular formula is C10H21NO2. The van der Waals surface area contributed by atoms with Crippen molar-refractivity contribution in [1.29, 1.82) is 0 Å². The standard InChI is InChI=1S/C10H21NO2/c1-5-10(3,8-13)7-11(4)9(2)6-12/h8-9,12H,5-7H2,1-4H3. The molecule has 2 unspecified atom stereocenters. The Morgan fingerprint density at radius 3 is 2.46 bits per heavy atom. The molecule has 0 amide bonds. The Morgan fingerprint density at radius 2 is 2.15 bits per heavy atom. The number of aldehydes is 1. The van der Waals surface area contributed by atoms with Gasteiger partial charge in [-0.1, -0.05) is 13.8 Å². The first-order valence-electron chi connectivity index (χ1n) is 4.76. The third-order valence-electron chi connectivity index (χ3n) is 2.72. The minimum absolute atomic E-state index is 0.117. The maximum Gasteiger partial charge on any atom is 0.127 e. The maximum absolute atomic E-state index is 10.8. The third kappa shape index (κ3) is 3.87. The quantitative estimate of drug-likeness (QED) is 0.628. The summed E-state index contributed by atoms with van der Waals surface area (Å²) in [4.78, 5) is 12.8. The van der Waals surface area contributed by atoms with E-state index in [1.165, 1.54) is 0 Å².